The Morgan fingerprint density at radius 3 is 2.58 bits per heavy atom. The molecule has 7 heteroatoms. The number of hydrogen-bond donors (Lipinski definition) is 1. The molecule has 0 spiro atoms. The predicted octanol–water partition coefficient (Wildman–Crippen LogP) is 3.37. The number of carbonyl (C=O) groups excluding carboxylic acids is 1. The van der Waals surface area contributed by atoms with Crippen molar-refractivity contribution in [3.05, 3.63) is 59.8 Å². The summed E-state index contributed by atoms with van der Waals surface area (Å²) in [4.78, 5) is 19.3. The standard InChI is InChI=1S/C24H31N3O4/c1-6-7-19-10-18(11-21(29-4)23(19)30-5)12-26-24(28)20-8-9-22(25-13-20)27-14-16(2)31-17(3)15-27/h6,8-11,13,16-17H,1,7,12,14-15H2,2-5H3,(H,26,28). The van der Waals surface area contributed by atoms with Crippen molar-refractivity contribution in [1.29, 1.82) is 0 Å². The smallest absolute Gasteiger partial charge is 0.253 e. The third-order valence-corrected chi connectivity index (χ3v) is 5.19. The van der Waals surface area contributed by atoms with E-state index in [1.54, 1.807) is 26.5 Å². The first-order valence-corrected chi connectivity index (χ1v) is 10.4. The van der Waals surface area contributed by atoms with Gasteiger partial charge in [0.2, 0.25) is 0 Å². The van der Waals surface area contributed by atoms with Crippen molar-refractivity contribution in [2.24, 2.45) is 0 Å². The molecule has 1 aliphatic rings. The van der Waals surface area contributed by atoms with E-state index in [1.165, 1.54) is 0 Å². The fourth-order valence-electron chi connectivity index (χ4n) is 3.87. The molecule has 1 aromatic carbocycles. The minimum Gasteiger partial charge on any atom is -0.493 e. The Kier molecular flexibility index (Phi) is 7.52. The number of aromatic nitrogens is 1. The SMILES string of the molecule is C=CCc1cc(CNC(=O)c2ccc(N3CC(C)OC(C)C3)nc2)cc(OC)c1OC. The number of benzene rings is 1. The monoisotopic (exact) mass is 425 g/mol. The molecular formula is C24H31N3O4. The number of amides is 1. The number of anilines is 1. The van der Waals surface area contributed by atoms with Gasteiger partial charge in [0.1, 0.15) is 5.82 Å². The van der Waals surface area contributed by atoms with Crippen molar-refractivity contribution in [3.63, 3.8) is 0 Å². The van der Waals surface area contributed by atoms with Crippen molar-refractivity contribution in [2.75, 3.05) is 32.2 Å². The number of nitrogens with zero attached hydrogens (tertiary/aromatic N) is 2. The molecule has 166 valence electrons. The number of morpholine rings is 1. The van der Waals surface area contributed by atoms with Gasteiger partial charge in [0.05, 0.1) is 32.0 Å². The topological polar surface area (TPSA) is 72.9 Å². The van der Waals surface area contributed by atoms with Gasteiger partial charge in [0, 0.05) is 31.4 Å². The molecule has 3 rings (SSSR count). The second-order valence-electron chi connectivity index (χ2n) is 7.73. The summed E-state index contributed by atoms with van der Waals surface area (Å²) in [5, 5.41) is 2.95. The van der Waals surface area contributed by atoms with Crippen LogP contribution in [0, 0.1) is 0 Å². The lowest BCUT2D eigenvalue weighted by atomic mass is 10.1. The van der Waals surface area contributed by atoms with Crippen LogP contribution in [0.1, 0.15) is 35.3 Å². The predicted molar refractivity (Wildman–Crippen MR) is 121 cm³/mol. The zero-order valence-corrected chi connectivity index (χ0v) is 18.7. The maximum absolute atomic E-state index is 12.6. The summed E-state index contributed by atoms with van der Waals surface area (Å²) in [6.07, 6.45) is 4.38. The molecule has 2 aromatic rings. The molecule has 31 heavy (non-hydrogen) atoms. The molecule has 0 saturated carbocycles. The van der Waals surface area contributed by atoms with E-state index in [2.05, 4.69) is 35.6 Å². The van der Waals surface area contributed by atoms with Crippen LogP contribution in [0.25, 0.3) is 0 Å². The lowest BCUT2D eigenvalue weighted by Crippen LogP contribution is -2.45. The van der Waals surface area contributed by atoms with Crippen LogP contribution < -0.4 is 19.7 Å². The minimum absolute atomic E-state index is 0.154. The lowest BCUT2D eigenvalue weighted by molar-refractivity contribution is -0.00546. The van der Waals surface area contributed by atoms with E-state index in [4.69, 9.17) is 14.2 Å². The molecule has 1 aromatic heterocycles. The van der Waals surface area contributed by atoms with E-state index in [9.17, 15) is 4.79 Å². The molecule has 0 radical (unpaired) electrons. The van der Waals surface area contributed by atoms with Gasteiger partial charge in [0.15, 0.2) is 11.5 Å². The highest BCUT2D eigenvalue weighted by atomic mass is 16.5. The molecule has 2 atom stereocenters. The number of ether oxygens (including phenoxy) is 3. The van der Waals surface area contributed by atoms with E-state index in [-0.39, 0.29) is 18.1 Å². The van der Waals surface area contributed by atoms with Gasteiger partial charge < -0.3 is 24.4 Å². The number of carbonyl (C=O) groups is 1. The minimum atomic E-state index is -0.178. The summed E-state index contributed by atoms with van der Waals surface area (Å²) in [5.74, 6) is 1.99. The third-order valence-electron chi connectivity index (χ3n) is 5.19. The molecule has 1 saturated heterocycles. The summed E-state index contributed by atoms with van der Waals surface area (Å²) in [6.45, 7) is 9.84. The third kappa shape index (κ3) is 5.55. The molecule has 1 fully saturated rings. The number of methoxy groups -OCH3 is 2. The summed E-state index contributed by atoms with van der Waals surface area (Å²) in [6, 6.07) is 7.55. The Hall–Kier alpha value is -3.06. The molecule has 1 N–H and O–H groups in total. The highest BCUT2D eigenvalue weighted by Gasteiger charge is 2.23. The van der Waals surface area contributed by atoms with Gasteiger partial charge in [-0.2, -0.15) is 0 Å². The second kappa shape index (κ2) is 10.3. The Bertz CT molecular complexity index is 904. The van der Waals surface area contributed by atoms with Gasteiger partial charge in [-0.05, 0) is 50.1 Å². The number of hydrogen-bond acceptors (Lipinski definition) is 6. The van der Waals surface area contributed by atoms with Gasteiger partial charge in [-0.15, -0.1) is 6.58 Å². The maximum atomic E-state index is 12.6. The van der Waals surface area contributed by atoms with Crippen LogP contribution in [-0.4, -0.2) is 50.4 Å². The summed E-state index contributed by atoms with van der Waals surface area (Å²) in [7, 11) is 3.21. The van der Waals surface area contributed by atoms with Crippen LogP contribution in [0.2, 0.25) is 0 Å². The van der Waals surface area contributed by atoms with Gasteiger partial charge in [-0.1, -0.05) is 6.08 Å². The van der Waals surface area contributed by atoms with E-state index in [0.29, 0.717) is 30.0 Å². The first kappa shape index (κ1) is 22.6. The zero-order chi connectivity index (χ0) is 22.4. The molecule has 1 amide bonds. The number of rotatable bonds is 8. The largest absolute Gasteiger partial charge is 0.493 e. The van der Waals surface area contributed by atoms with Gasteiger partial charge in [-0.25, -0.2) is 4.98 Å². The van der Waals surface area contributed by atoms with Crippen molar-refractivity contribution >= 4 is 11.7 Å². The fraction of sp³-hybridized carbons (Fsp3) is 0.417. The van der Waals surface area contributed by atoms with E-state index in [0.717, 1.165) is 30.0 Å². The molecule has 0 aliphatic carbocycles. The average Bonchev–Trinajstić information content (AvgIpc) is 2.76. The highest BCUT2D eigenvalue weighted by molar-refractivity contribution is 5.94. The van der Waals surface area contributed by atoms with Crippen LogP contribution in [0.4, 0.5) is 5.82 Å². The van der Waals surface area contributed by atoms with Crippen LogP contribution in [0.3, 0.4) is 0 Å². The van der Waals surface area contributed by atoms with Gasteiger partial charge in [0.25, 0.3) is 5.91 Å². The number of pyridine rings is 1. The molecule has 2 heterocycles. The Balaban J connectivity index is 1.67. The van der Waals surface area contributed by atoms with Crippen LogP contribution in [-0.2, 0) is 17.7 Å². The maximum Gasteiger partial charge on any atom is 0.253 e. The van der Waals surface area contributed by atoms with Crippen LogP contribution >= 0.6 is 0 Å². The van der Waals surface area contributed by atoms with Crippen molar-refractivity contribution in [1.82, 2.24) is 10.3 Å². The quantitative estimate of drug-likeness (QED) is 0.654. The number of allylic oxidation sites excluding steroid dienone is 1. The Labute approximate surface area is 184 Å². The second-order valence-corrected chi connectivity index (χ2v) is 7.73. The van der Waals surface area contributed by atoms with Crippen LogP contribution in [0.15, 0.2) is 43.1 Å². The van der Waals surface area contributed by atoms with Crippen molar-refractivity contribution in [3.8, 4) is 11.5 Å². The number of nitrogens with one attached hydrogen (secondary N) is 1. The van der Waals surface area contributed by atoms with Gasteiger partial charge in [-0.3, -0.25) is 4.79 Å². The summed E-state index contributed by atoms with van der Waals surface area (Å²) in [5.41, 5.74) is 2.40. The fourth-order valence-corrected chi connectivity index (χ4v) is 3.87. The van der Waals surface area contributed by atoms with E-state index < -0.39 is 0 Å². The normalized spacial score (nSPS) is 18.4. The summed E-state index contributed by atoms with van der Waals surface area (Å²) >= 11 is 0. The molecular weight excluding hydrogens is 394 g/mol. The molecule has 2 unspecified atom stereocenters. The molecule has 1 aliphatic heterocycles. The zero-order valence-electron chi connectivity index (χ0n) is 18.7. The molecule has 7 nitrogen and oxygen atoms in total. The Morgan fingerprint density at radius 1 is 1.26 bits per heavy atom. The van der Waals surface area contributed by atoms with Crippen LogP contribution in [0.5, 0.6) is 11.5 Å². The lowest BCUT2D eigenvalue weighted by Gasteiger charge is -2.36. The highest BCUT2D eigenvalue weighted by Crippen LogP contribution is 2.33. The molecule has 0 bridgehead atoms. The first-order chi connectivity index (χ1) is 14.9. The summed E-state index contributed by atoms with van der Waals surface area (Å²) < 4.78 is 16.7. The average molecular weight is 426 g/mol. The van der Waals surface area contributed by atoms with Crippen molar-refractivity contribution < 1.29 is 19.0 Å². The van der Waals surface area contributed by atoms with E-state index in [1.807, 2.05) is 24.3 Å². The first-order valence-electron chi connectivity index (χ1n) is 10.4. The van der Waals surface area contributed by atoms with E-state index >= 15 is 0 Å². The van der Waals surface area contributed by atoms with Crippen molar-refractivity contribution in [2.45, 2.75) is 39.0 Å². The Morgan fingerprint density at radius 2 is 2.00 bits per heavy atom. The van der Waals surface area contributed by atoms with Gasteiger partial charge >= 0.3 is 0 Å².